The first-order valence-corrected chi connectivity index (χ1v) is 7.32. The number of nitrogens with one attached hydrogen (secondary N) is 2. The fourth-order valence-corrected chi connectivity index (χ4v) is 2.10. The van der Waals surface area contributed by atoms with E-state index in [4.69, 9.17) is 0 Å². The molecule has 0 atom stereocenters. The largest absolute Gasteiger partial charge is 0.384 e. The Labute approximate surface area is 126 Å². The van der Waals surface area contributed by atoms with Gasteiger partial charge in [0, 0.05) is 17.9 Å². The average Bonchev–Trinajstić information content (AvgIpc) is 2.47. The summed E-state index contributed by atoms with van der Waals surface area (Å²) in [6, 6.07) is 13.7. The molecule has 0 heterocycles. The Bertz CT molecular complexity index is 618. The third kappa shape index (κ3) is 4.09. The van der Waals surface area contributed by atoms with Crippen molar-refractivity contribution in [1.82, 2.24) is 0 Å². The number of aryl methyl sites for hydroxylation is 2. The van der Waals surface area contributed by atoms with Gasteiger partial charge in [-0.25, -0.2) is 0 Å². The molecule has 21 heavy (non-hydrogen) atoms. The summed E-state index contributed by atoms with van der Waals surface area (Å²) in [5, 5.41) is 6.26. The molecule has 2 aromatic carbocycles. The van der Waals surface area contributed by atoms with Crippen molar-refractivity contribution in [3.63, 3.8) is 0 Å². The third-order valence-electron chi connectivity index (χ3n) is 3.29. The van der Waals surface area contributed by atoms with Crippen molar-refractivity contribution in [1.29, 1.82) is 0 Å². The summed E-state index contributed by atoms with van der Waals surface area (Å²) < 4.78 is 0. The number of hydrogen-bond acceptors (Lipinski definition) is 2. The van der Waals surface area contributed by atoms with Crippen LogP contribution >= 0.6 is 0 Å². The minimum absolute atomic E-state index is 0.0857. The molecule has 2 N–H and O–H groups in total. The van der Waals surface area contributed by atoms with E-state index < -0.39 is 0 Å². The van der Waals surface area contributed by atoms with Crippen LogP contribution in [0.3, 0.4) is 0 Å². The van der Waals surface area contributed by atoms with Gasteiger partial charge in [0.1, 0.15) is 0 Å². The highest BCUT2D eigenvalue weighted by molar-refractivity contribution is 6.08. The van der Waals surface area contributed by atoms with Gasteiger partial charge in [-0.2, -0.15) is 0 Å². The molecule has 1 amide bonds. The van der Waals surface area contributed by atoms with Crippen LogP contribution < -0.4 is 10.6 Å². The van der Waals surface area contributed by atoms with Crippen LogP contribution in [-0.2, 0) is 0 Å². The van der Waals surface area contributed by atoms with E-state index in [-0.39, 0.29) is 5.91 Å². The van der Waals surface area contributed by atoms with E-state index in [1.807, 2.05) is 56.3 Å². The Kier molecular flexibility index (Phi) is 4.99. The van der Waals surface area contributed by atoms with Crippen molar-refractivity contribution in [2.45, 2.75) is 27.2 Å². The molecule has 110 valence electrons. The Morgan fingerprint density at radius 2 is 1.67 bits per heavy atom. The Morgan fingerprint density at radius 3 is 2.33 bits per heavy atom. The van der Waals surface area contributed by atoms with Gasteiger partial charge in [0.25, 0.3) is 5.91 Å². The average molecular weight is 282 g/mol. The lowest BCUT2D eigenvalue weighted by Gasteiger charge is -2.13. The van der Waals surface area contributed by atoms with Gasteiger partial charge in [-0.1, -0.05) is 30.7 Å². The molecule has 0 saturated carbocycles. The molecular weight excluding hydrogens is 260 g/mol. The summed E-state index contributed by atoms with van der Waals surface area (Å²) in [7, 11) is 0. The maximum Gasteiger partial charge on any atom is 0.257 e. The molecule has 0 bridgehead atoms. The molecule has 2 aromatic rings. The van der Waals surface area contributed by atoms with Gasteiger partial charge in [0.2, 0.25) is 0 Å². The van der Waals surface area contributed by atoms with Crippen molar-refractivity contribution in [3.05, 3.63) is 59.2 Å². The molecule has 0 aliphatic rings. The van der Waals surface area contributed by atoms with Crippen molar-refractivity contribution < 1.29 is 4.79 Å². The topological polar surface area (TPSA) is 41.1 Å². The van der Waals surface area contributed by atoms with Crippen molar-refractivity contribution in [2.75, 3.05) is 17.2 Å². The van der Waals surface area contributed by atoms with Crippen LogP contribution in [0.4, 0.5) is 11.4 Å². The zero-order valence-electron chi connectivity index (χ0n) is 12.9. The summed E-state index contributed by atoms with van der Waals surface area (Å²) in [5.41, 5.74) is 4.69. The number of benzene rings is 2. The molecule has 2 rings (SSSR count). The maximum absolute atomic E-state index is 12.4. The number of hydrogen-bond donors (Lipinski definition) is 2. The number of rotatable bonds is 5. The van der Waals surface area contributed by atoms with Crippen LogP contribution in [0, 0.1) is 13.8 Å². The van der Waals surface area contributed by atoms with Gasteiger partial charge < -0.3 is 10.6 Å². The number of carbonyl (C=O) groups is 1. The Hall–Kier alpha value is -2.29. The predicted octanol–water partition coefficient (Wildman–Crippen LogP) is 4.38. The van der Waals surface area contributed by atoms with Gasteiger partial charge >= 0.3 is 0 Å². The van der Waals surface area contributed by atoms with Crippen LogP contribution in [0.2, 0.25) is 0 Å². The van der Waals surface area contributed by atoms with Crippen LogP contribution in [-0.4, -0.2) is 12.5 Å². The minimum atomic E-state index is -0.0857. The Morgan fingerprint density at radius 1 is 1.00 bits per heavy atom. The molecule has 0 fully saturated rings. The summed E-state index contributed by atoms with van der Waals surface area (Å²) in [6.45, 7) is 7.01. The lowest BCUT2D eigenvalue weighted by molar-refractivity contribution is 0.102. The normalized spacial score (nSPS) is 10.2. The summed E-state index contributed by atoms with van der Waals surface area (Å²) >= 11 is 0. The van der Waals surface area contributed by atoms with Gasteiger partial charge in [0.15, 0.2) is 0 Å². The SMILES string of the molecule is CCCNc1cc(C)ccc1C(=O)Nc1ccc(C)cc1. The van der Waals surface area contributed by atoms with Crippen molar-refractivity contribution >= 4 is 17.3 Å². The number of anilines is 2. The summed E-state index contributed by atoms with van der Waals surface area (Å²) in [5.74, 6) is -0.0857. The highest BCUT2D eigenvalue weighted by atomic mass is 16.1. The van der Waals surface area contributed by atoms with E-state index in [2.05, 4.69) is 17.6 Å². The zero-order chi connectivity index (χ0) is 15.2. The molecule has 0 radical (unpaired) electrons. The smallest absolute Gasteiger partial charge is 0.257 e. The fourth-order valence-electron chi connectivity index (χ4n) is 2.10. The molecule has 3 heteroatoms. The lowest BCUT2D eigenvalue weighted by atomic mass is 10.1. The van der Waals surface area contributed by atoms with E-state index in [1.54, 1.807) is 0 Å². The quantitative estimate of drug-likeness (QED) is 0.854. The van der Waals surface area contributed by atoms with Crippen molar-refractivity contribution in [3.8, 4) is 0 Å². The highest BCUT2D eigenvalue weighted by Gasteiger charge is 2.11. The standard InChI is InChI=1S/C18H22N2O/c1-4-11-19-17-12-14(3)7-10-16(17)18(21)20-15-8-5-13(2)6-9-15/h5-10,12,19H,4,11H2,1-3H3,(H,20,21). The molecule has 0 aromatic heterocycles. The van der Waals surface area contributed by atoms with E-state index >= 15 is 0 Å². The first kappa shape index (κ1) is 15.1. The molecule has 3 nitrogen and oxygen atoms in total. The molecule has 0 spiro atoms. The third-order valence-corrected chi connectivity index (χ3v) is 3.29. The van der Waals surface area contributed by atoms with E-state index in [9.17, 15) is 4.79 Å². The summed E-state index contributed by atoms with van der Waals surface area (Å²) in [6.07, 6.45) is 1.02. The molecule has 0 aliphatic heterocycles. The number of amides is 1. The Balaban J connectivity index is 2.19. The highest BCUT2D eigenvalue weighted by Crippen LogP contribution is 2.19. The van der Waals surface area contributed by atoms with Gasteiger partial charge in [-0.15, -0.1) is 0 Å². The zero-order valence-corrected chi connectivity index (χ0v) is 12.9. The van der Waals surface area contributed by atoms with Gasteiger partial charge in [0.05, 0.1) is 5.56 Å². The second kappa shape index (κ2) is 6.93. The lowest BCUT2D eigenvalue weighted by Crippen LogP contribution is -2.15. The van der Waals surface area contributed by atoms with Crippen LogP contribution in [0.1, 0.15) is 34.8 Å². The summed E-state index contributed by atoms with van der Waals surface area (Å²) in [4.78, 5) is 12.4. The van der Waals surface area contributed by atoms with Crippen molar-refractivity contribution in [2.24, 2.45) is 0 Å². The molecule has 0 unspecified atom stereocenters. The van der Waals surface area contributed by atoms with E-state index in [0.29, 0.717) is 5.56 Å². The van der Waals surface area contributed by atoms with Crippen LogP contribution in [0.15, 0.2) is 42.5 Å². The molecular formula is C18H22N2O. The second-order valence-electron chi connectivity index (χ2n) is 5.30. The predicted molar refractivity (Wildman–Crippen MR) is 89.1 cm³/mol. The molecule has 0 saturated heterocycles. The second-order valence-corrected chi connectivity index (χ2v) is 5.30. The van der Waals surface area contributed by atoms with E-state index in [0.717, 1.165) is 29.9 Å². The van der Waals surface area contributed by atoms with Gasteiger partial charge in [-0.05, 0) is 50.1 Å². The van der Waals surface area contributed by atoms with Gasteiger partial charge in [-0.3, -0.25) is 4.79 Å². The number of carbonyl (C=O) groups excluding carboxylic acids is 1. The molecule has 0 aliphatic carbocycles. The fraction of sp³-hybridized carbons (Fsp3) is 0.278. The maximum atomic E-state index is 12.4. The van der Waals surface area contributed by atoms with Crippen LogP contribution in [0.5, 0.6) is 0 Å². The van der Waals surface area contributed by atoms with Crippen LogP contribution in [0.25, 0.3) is 0 Å². The minimum Gasteiger partial charge on any atom is -0.384 e. The van der Waals surface area contributed by atoms with E-state index in [1.165, 1.54) is 5.56 Å². The first-order valence-electron chi connectivity index (χ1n) is 7.32. The monoisotopic (exact) mass is 282 g/mol. The first-order chi connectivity index (χ1) is 10.1.